The van der Waals surface area contributed by atoms with E-state index in [1.165, 1.54) is 0 Å². The van der Waals surface area contributed by atoms with Gasteiger partial charge in [0, 0.05) is 25.8 Å². The topological polar surface area (TPSA) is 82.4 Å². The number of rotatable bonds is 2. The number of fused-ring (bicyclic) bond motifs is 1. The Morgan fingerprint density at radius 3 is 2.73 bits per heavy atom. The zero-order valence-electron chi connectivity index (χ0n) is 12.3. The molecule has 0 aliphatic carbocycles. The standard InChI is InChI=1S/C16H17N3O3/c1-18-15(20)12-9-19(13-6-7-22-14(12)13)16(21)11-4-2-10(8-17)3-5-11/h2-5,12-14H,6-7,9H2,1H3,(H,18,20)/t12-,13+,14+/m0/s1. The summed E-state index contributed by atoms with van der Waals surface area (Å²) in [7, 11) is 1.59. The molecule has 6 heteroatoms. The van der Waals surface area contributed by atoms with Gasteiger partial charge in [0.05, 0.1) is 29.7 Å². The van der Waals surface area contributed by atoms with Crippen LogP contribution in [0.15, 0.2) is 24.3 Å². The van der Waals surface area contributed by atoms with Crippen LogP contribution in [0.25, 0.3) is 0 Å². The van der Waals surface area contributed by atoms with E-state index in [9.17, 15) is 9.59 Å². The number of hydrogen-bond acceptors (Lipinski definition) is 4. The number of hydrogen-bond donors (Lipinski definition) is 1. The van der Waals surface area contributed by atoms with Crippen molar-refractivity contribution >= 4 is 11.8 Å². The van der Waals surface area contributed by atoms with Crippen LogP contribution in [0.3, 0.4) is 0 Å². The van der Waals surface area contributed by atoms with Gasteiger partial charge in [-0.25, -0.2) is 0 Å². The molecule has 2 aliphatic rings. The number of benzene rings is 1. The van der Waals surface area contributed by atoms with E-state index < -0.39 is 0 Å². The van der Waals surface area contributed by atoms with Crippen molar-refractivity contribution in [3.63, 3.8) is 0 Å². The maximum Gasteiger partial charge on any atom is 0.254 e. The molecule has 6 nitrogen and oxygen atoms in total. The summed E-state index contributed by atoms with van der Waals surface area (Å²) >= 11 is 0. The van der Waals surface area contributed by atoms with Gasteiger partial charge in [0.25, 0.3) is 5.91 Å². The van der Waals surface area contributed by atoms with Gasteiger partial charge < -0.3 is 15.0 Å². The zero-order valence-corrected chi connectivity index (χ0v) is 12.3. The fraction of sp³-hybridized carbons (Fsp3) is 0.438. The fourth-order valence-electron chi connectivity index (χ4n) is 3.27. The van der Waals surface area contributed by atoms with Crippen LogP contribution in [-0.4, -0.2) is 49.1 Å². The Balaban J connectivity index is 1.83. The Hall–Kier alpha value is -2.39. The van der Waals surface area contributed by atoms with E-state index in [1.54, 1.807) is 36.2 Å². The minimum atomic E-state index is -0.320. The van der Waals surface area contributed by atoms with Gasteiger partial charge in [-0.3, -0.25) is 9.59 Å². The Labute approximate surface area is 128 Å². The molecule has 0 unspecified atom stereocenters. The molecular formula is C16H17N3O3. The predicted molar refractivity (Wildman–Crippen MR) is 77.9 cm³/mol. The molecule has 3 rings (SSSR count). The van der Waals surface area contributed by atoms with Crippen molar-refractivity contribution in [3.8, 4) is 6.07 Å². The number of likely N-dealkylation sites (tertiary alicyclic amines) is 1. The van der Waals surface area contributed by atoms with Gasteiger partial charge in [-0.05, 0) is 30.7 Å². The summed E-state index contributed by atoms with van der Waals surface area (Å²) in [4.78, 5) is 26.4. The van der Waals surface area contributed by atoms with E-state index >= 15 is 0 Å². The number of nitrogens with one attached hydrogen (secondary N) is 1. The van der Waals surface area contributed by atoms with Gasteiger partial charge in [0.15, 0.2) is 0 Å². The molecule has 3 atom stereocenters. The largest absolute Gasteiger partial charge is 0.375 e. The smallest absolute Gasteiger partial charge is 0.254 e. The van der Waals surface area contributed by atoms with Crippen molar-refractivity contribution in [3.05, 3.63) is 35.4 Å². The molecule has 1 N–H and O–H groups in total. The van der Waals surface area contributed by atoms with Gasteiger partial charge in [-0.1, -0.05) is 0 Å². The van der Waals surface area contributed by atoms with E-state index in [0.717, 1.165) is 6.42 Å². The molecule has 1 aromatic rings. The highest BCUT2D eigenvalue weighted by molar-refractivity contribution is 5.95. The SMILES string of the molecule is CNC(=O)[C@H]1CN(C(=O)c2ccc(C#N)cc2)[C@@H]2CCO[C@H]12. The molecule has 22 heavy (non-hydrogen) atoms. The highest BCUT2D eigenvalue weighted by atomic mass is 16.5. The van der Waals surface area contributed by atoms with Crippen molar-refractivity contribution < 1.29 is 14.3 Å². The minimum absolute atomic E-state index is 0.0505. The van der Waals surface area contributed by atoms with Crippen molar-refractivity contribution in [2.24, 2.45) is 5.92 Å². The third kappa shape index (κ3) is 2.34. The number of amides is 2. The minimum Gasteiger partial charge on any atom is -0.375 e. The third-order valence-corrected chi connectivity index (χ3v) is 4.40. The first-order valence-electron chi connectivity index (χ1n) is 7.30. The van der Waals surface area contributed by atoms with Crippen molar-refractivity contribution in [2.75, 3.05) is 20.2 Å². The summed E-state index contributed by atoms with van der Waals surface area (Å²) in [6.07, 6.45) is 0.530. The number of ether oxygens (including phenoxy) is 1. The van der Waals surface area contributed by atoms with Crippen LogP contribution in [-0.2, 0) is 9.53 Å². The van der Waals surface area contributed by atoms with Crippen LogP contribution in [0.2, 0.25) is 0 Å². The molecule has 0 spiro atoms. The summed E-state index contributed by atoms with van der Waals surface area (Å²) in [5.41, 5.74) is 1.05. The molecule has 114 valence electrons. The van der Waals surface area contributed by atoms with Crippen molar-refractivity contribution in [1.29, 1.82) is 5.26 Å². The summed E-state index contributed by atoms with van der Waals surface area (Å²) in [6.45, 7) is 0.938. The lowest BCUT2D eigenvalue weighted by molar-refractivity contribution is -0.127. The molecule has 2 amide bonds. The molecule has 2 fully saturated rings. The zero-order chi connectivity index (χ0) is 15.7. The highest BCUT2D eigenvalue weighted by Crippen LogP contribution is 2.34. The average Bonchev–Trinajstić information content (AvgIpc) is 3.16. The molecule has 2 heterocycles. The molecule has 2 aliphatic heterocycles. The lowest BCUT2D eigenvalue weighted by Crippen LogP contribution is -2.37. The molecular weight excluding hydrogens is 282 g/mol. The monoisotopic (exact) mass is 299 g/mol. The van der Waals surface area contributed by atoms with Crippen LogP contribution in [0.5, 0.6) is 0 Å². The summed E-state index contributed by atoms with van der Waals surface area (Å²) in [5.74, 6) is -0.525. The Morgan fingerprint density at radius 1 is 1.36 bits per heavy atom. The predicted octanol–water partition coefficient (Wildman–Crippen LogP) is 0.534. The first kappa shape index (κ1) is 14.5. The van der Waals surface area contributed by atoms with E-state index in [0.29, 0.717) is 24.3 Å². The second-order valence-electron chi connectivity index (χ2n) is 5.56. The van der Waals surface area contributed by atoms with E-state index in [2.05, 4.69) is 5.32 Å². The lowest BCUT2D eigenvalue weighted by Gasteiger charge is -2.22. The van der Waals surface area contributed by atoms with Crippen LogP contribution in [0.4, 0.5) is 0 Å². The second-order valence-corrected chi connectivity index (χ2v) is 5.56. The molecule has 0 saturated carbocycles. The Kier molecular flexibility index (Phi) is 3.82. The number of nitrogens with zero attached hydrogens (tertiary/aromatic N) is 2. The van der Waals surface area contributed by atoms with Gasteiger partial charge >= 0.3 is 0 Å². The van der Waals surface area contributed by atoms with Crippen LogP contribution in [0, 0.1) is 17.2 Å². The molecule has 1 aromatic carbocycles. The van der Waals surface area contributed by atoms with Crippen molar-refractivity contribution in [1.82, 2.24) is 10.2 Å². The van der Waals surface area contributed by atoms with Gasteiger partial charge in [0.1, 0.15) is 0 Å². The van der Waals surface area contributed by atoms with Crippen LogP contribution < -0.4 is 5.32 Å². The van der Waals surface area contributed by atoms with E-state index in [1.807, 2.05) is 6.07 Å². The molecule has 0 bridgehead atoms. The average molecular weight is 299 g/mol. The van der Waals surface area contributed by atoms with Gasteiger partial charge in [-0.15, -0.1) is 0 Å². The van der Waals surface area contributed by atoms with Crippen LogP contribution in [0.1, 0.15) is 22.3 Å². The van der Waals surface area contributed by atoms with Gasteiger partial charge in [-0.2, -0.15) is 5.26 Å². The molecule has 0 radical (unpaired) electrons. The molecule has 2 saturated heterocycles. The van der Waals surface area contributed by atoms with E-state index in [4.69, 9.17) is 10.00 Å². The summed E-state index contributed by atoms with van der Waals surface area (Å²) in [5, 5.41) is 11.5. The van der Waals surface area contributed by atoms with E-state index in [-0.39, 0.29) is 29.9 Å². The molecule has 0 aromatic heterocycles. The second kappa shape index (κ2) is 5.78. The summed E-state index contributed by atoms with van der Waals surface area (Å²) < 4.78 is 5.67. The lowest BCUT2D eigenvalue weighted by atomic mass is 10.0. The highest BCUT2D eigenvalue weighted by Gasteiger charge is 2.50. The summed E-state index contributed by atoms with van der Waals surface area (Å²) in [6, 6.07) is 8.54. The first-order valence-corrected chi connectivity index (χ1v) is 7.30. The quantitative estimate of drug-likeness (QED) is 0.864. The normalized spacial score (nSPS) is 26.4. The Bertz CT molecular complexity index is 635. The Morgan fingerprint density at radius 2 is 2.09 bits per heavy atom. The number of carbonyl (C=O) groups excluding carboxylic acids is 2. The van der Waals surface area contributed by atoms with Crippen LogP contribution >= 0.6 is 0 Å². The number of carbonyl (C=O) groups is 2. The fourth-order valence-corrected chi connectivity index (χ4v) is 3.27. The van der Waals surface area contributed by atoms with Crippen molar-refractivity contribution in [2.45, 2.75) is 18.6 Å². The van der Waals surface area contributed by atoms with Gasteiger partial charge in [0.2, 0.25) is 5.91 Å². The number of nitriles is 1. The third-order valence-electron chi connectivity index (χ3n) is 4.40. The maximum absolute atomic E-state index is 12.7. The first-order chi connectivity index (χ1) is 10.7. The maximum atomic E-state index is 12.7.